The summed E-state index contributed by atoms with van der Waals surface area (Å²) in [6.07, 6.45) is 0. The van der Waals surface area contributed by atoms with Crippen LogP contribution in [0.5, 0.6) is 0 Å². The number of carboxylic acid groups (broad SMARTS) is 1. The van der Waals surface area contributed by atoms with Crippen molar-refractivity contribution in [2.24, 2.45) is 0 Å². The summed E-state index contributed by atoms with van der Waals surface area (Å²) in [5.74, 6) is -1.10. The molecule has 0 heterocycles. The molecule has 0 unspecified atom stereocenters. The van der Waals surface area contributed by atoms with E-state index >= 15 is 0 Å². The molecule has 1 rings (SSSR count). The van der Waals surface area contributed by atoms with Crippen LogP contribution >= 0.6 is 0 Å². The highest BCUT2D eigenvalue weighted by atomic mass is 16.4. The number of hydrogen-bond acceptors (Lipinski definition) is 3. The van der Waals surface area contributed by atoms with Crippen LogP contribution in [0.15, 0.2) is 12.1 Å². The smallest absolute Gasteiger partial charge is 0.336 e. The fourth-order valence-electron chi connectivity index (χ4n) is 1.20. The lowest BCUT2D eigenvalue weighted by atomic mass is 10.0. The highest BCUT2D eigenvalue weighted by molar-refractivity contribution is 5.90. The maximum absolute atomic E-state index is 10.7. The molecule has 0 atom stereocenters. The summed E-state index contributed by atoms with van der Waals surface area (Å²) in [4.78, 5) is 10.7. The third-order valence-electron chi connectivity index (χ3n) is 1.97. The van der Waals surface area contributed by atoms with Crippen molar-refractivity contribution in [2.45, 2.75) is 13.5 Å². The number of benzene rings is 1. The van der Waals surface area contributed by atoms with Crippen LogP contribution in [0.1, 0.15) is 27.0 Å². The molecule has 0 aliphatic heterocycles. The van der Waals surface area contributed by atoms with Crippen molar-refractivity contribution in [2.75, 3.05) is 0 Å². The molecule has 0 aliphatic carbocycles. The Balaban J connectivity index is 3.41. The Hall–Kier alpha value is -1.86. The summed E-state index contributed by atoms with van der Waals surface area (Å²) in [5, 5.41) is 26.4. The quantitative estimate of drug-likeness (QED) is 0.732. The number of hydrogen-bond donors (Lipinski definition) is 2. The molecule has 0 amide bonds. The Morgan fingerprint density at radius 1 is 1.57 bits per heavy atom. The van der Waals surface area contributed by atoms with Gasteiger partial charge in [0.05, 0.1) is 23.8 Å². The van der Waals surface area contributed by atoms with Gasteiger partial charge in [0.2, 0.25) is 0 Å². The molecule has 0 spiro atoms. The Labute approximate surface area is 81.0 Å². The lowest BCUT2D eigenvalue weighted by Crippen LogP contribution is -2.04. The number of aliphatic hydroxyl groups excluding tert-OH is 1. The van der Waals surface area contributed by atoms with E-state index in [1.54, 1.807) is 6.92 Å². The average Bonchev–Trinajstić information content (AvgIpc) is 2.17. The fourth-order valence-corrected chi connectivity index (χ4v) is 1.20. The number of aromatic carboxylic acids is 1. The van der Waals surface area contributed by atoms with Gasteiger partial charge in [-0.25, -0.2) is 4.79 Å². The highest BCUT2D eigenvalue weighted by Gasteiger charge is 2.12. The molecule has 14 heavy (non-hydrogen) atoms. The number of carbonyl (C=O) groups is 1. The zero-order chi connectivity index (χ0) is 10.7. The van der Waals surface area contributed by atoms with Gasteiger partial charge in [-0.2, -0.15) is 5.26 Å². The monoisotopic (exact) mass is 191 g/mol. The first kappa shape index (κ1) is 10.2. The third kappa shape index (κ3) is 1.73. The first-order valence-electron chi connectivity index (χ1n) is 3.98. The van der Waals surface area contributed by atoms with Crippen LogP contribution < -0.4 is 0 Å². The summed E-state index contributed by atoms with van der Waals surface area (Å²) in [6, 6.07) is 4.73. The summed E-state index contributed by atoms with van der Waals surface area (Å²) >= 11 is 0. The molecule has 0 bridgehead atoms. The predicted molar refractivity (Wildman–Crippen MR) is 48.8 cm³/mol. The summed E-state index contributed by atoms with van der Waals surface area (Å²) in [5.41, 5.74) is 1.30. The summed E-state index contributed by atoms with van der Waals surface area (Å²) in [7, 11) is 0. The largest absolute Gasteiger partial charge is 0.478 e. The van der Waals surface area contributed by atoms with Crippen LogP contribution in [-0.2, 0) is 6.61 Å². The van der Waals surface area contributed by atoms with Crippen molar-refractivity contribution in [3.63, 3.8) is 0 Å². The molecule has 72 valence electrons. The number of nitrogens with zero attached hydrogens (tertiary/aromatic N) is 1. The molecule has 4 heteroatoms. The Bertz CT molecular complexity index is 418. The van der Waals surface area contributed by atoms with E-state index in [1.165, 1.54) is 12.1 Å². The topological polar surface area (TPSA) is 81.3 Å². The van der Waals surface area contributed by atoms with Gasteiger partial charge in [0.25, 0.3) is 0 Å². The van der Waals surface area contributed by atoms with Crippen molar-refractivity contribution in [1.29, 1.82) is 5.26 Å². The minimum absolute atomic E-state index is 0.0454. The van der Waals surface area contributed by atoms with E-state index in [0.29, 0.717) is 11.1 Å². The first-order chi connectivity index (χ1) is 6.60. The van der Waals surface area contributed by atoms with E-state index in [4.69, 9.17) is 15.5 Å². The number of carboxylic acids is 1. The van der Waals surface area contributed by atoms with Crippen molar-refractivity contribution < 1.29 is 15.0 Å². The number of rotatable bonds is 2. The Morgan fingerprint density at radius 3 is 2.64 bits per heavy atom. The van der Waals surface area contributed by atoms with Crippen LogP contribution in [0, 0.1) is 18.3 Å². The van der Waals surface area contributed by atoms with E-state index in [2.05, 4.69) is 0 Å². The van der Waals surface area contributed by atoms with E-state index in [0.717, 1.165) is 0 Å². The molecule has 1 aromatic rings. The molecule has 0 radical (unpaired) electrons. The molecule has 0 aliphatic rings. The van der Waals surface area contributed by atoms with Crippen LogP contribution in [0.4, 0.5) is 0 Å². The molecule has 2 N–H and O–H groups in total. The van der Waals surface area contributed by atoms with Gasteiger partial charge < -0.3 is 10.2 Å². The van der Waals surface area contributed by atoms with Gasteiger partial charge in [0, 0.05) is 0 Å². The van der Waals surface area contributed by atoms with Crippen LogP contribution in [0.2, 0.25) is 0 Å². The first-order valence-corrected chi connectivity index (χ1v) is 3.98. The van der Waals surface area contributed by atoms with Crippen molar-refractivity contribution in [3.05, 3.63) is 34.4 Å². The maximum atomic E-state index is 10.7. The van der Waals surface area contributed by atoms with Gasteiger partial charge in [-0.1, -0.05) is 0 Å². The fraction of sp³-hybridized carbons (Fsp3) is 0.200. The van der Waals surface area contributed by atoms with Gasteiger partial charge in [-0.05, 0) is 30.2 Å². The number of aryl methyl sites for hydroxylation is 1. The van der Waals surface area contributed by atoms with Gasteiger partial charge >= 0.3 is 5.97 Å². The lowest BCUT2D eigenvalue weighted by molar-refractivity contribution is 0.0693. The average molecular weight is 191 g/mol. The van der Waals surface area contributed by atoms with Crippen LogP contribution in [0.25, 0.3) is 0 Å². The minimum Gasteiger partial charge on any atom is -0.478 e. The second-order valence-electron chi connectivity index (χ2n) is 2.90. The lowest BCUT2D eigenvalue weighted by Gasteiger charge is -2.05. The zero-order valence-electron chi connectivity index (χ0n) is 7.61. The van der Waals surface area contributed by atoms with Gasteiger partial charge in [-0.15, -0.1) is 0 Å². The van der Waals surface area contributed by atoms with Crippen LogP contribution in [-0.4, -0.2) is 16.2 Å². The molecule has 0 aromatic heterocycles. The van der Waals surface area contributed by atoms with Crippen molar-refractivity contribution in [3.8, 4) is 6.07 Å². The number of aliphatic hydroxyl groups is 1. The van der Waals surface area contributed by atoms with Crippen molar-refractivity contribution >= 4 is 5.97 Å². The predicted octanol–water partition coefficient (Wildman–Crippen LogP) is 1.06. The highest BCUT2D eigenvalue weighted by Crippen LogP contribution is 2.16. The second-order valence-corrected chi connectivity index (χ2v) is 2.90. The molecule has 1 aromatic carbocycles. The van der Waals surface area contributed by atoms with E-state index in [9.17, 15) is 4.79 Å². The van der Waals surface area contributed by atoms with Gasteiger partial charge in [-0.3, -0.25) is 0 Å². The Morgan fingerprint density at radius 2 is 2.21 bits per heavy atom. The van der Waals surface area contributed by atoms with Crippen LogP contribution in [0.3, 0.4) is 0 Å². The molecule has 0 fully saturated rings. The molecule has 0 saturated carbocycles. The molecular formula is C10H9NO3. The van der Waals surface area contributed by atoms with Gasteiger partial charge in [0.1, 0.15) is 0 Å². The molecule has 0 saturated heterocycles. The molecule has 4 nitrogen and oxygen atoms in total. The van der Waals surface area contributed by atoms with E-state index in [1.807, 2.05) is 6.07 Å². The van der Waals surface area contributed by atoms with E-state index in [-0.39, 0.29) is 17.7 Å². The van der Waals surface area contributed by atoms with Crippen molar-refractivity contribution in [1.82, 2.24) is 0 Å². The number of nitriles is 1. The maximum Gasteiger partial charge on any atom is 0.336 e. The normalized spacial score (nSPS) is 9.50. The van der Waals surface area contributed by atoms with E-state index < -0.39 is 5.97 Å². The minimum atomic E-state index is -1.10. The second kappa shape index (κ2) is 3.90. The Kier molecular flexibility index (Phi) is 2.85. The summed E-state index contributed by atoms with van der Waals surface area (Å²) < 4.78 is 0. The zero-order valence-corrected chi connectivity index (χ0v) is 7.61. The SMILES string of the molecule is Cc1cc(C(=O)O)c(CO)cc1C#N. The third-order valence-corrected chi connectivity index (χ3v) is 1.97. The summed E-state index contributed by atoms with van der Waals surface area (Å²) in [6.45, 7) is 1.28. The van der Waals surface area contributed by atoms with Gasteiger partial charge in [0.15, 0.2) is 0 Å². The molecular weight excluding hydrogens is 182 g/mol. The standard InChI is InChI=1S/C10H9NO3/c1-6-2-9(10(13)14)8(5-12)3-7(6)4-11/h2-3,12H,5H2,1H3,(H,13,14).